The molecule has 1 rings (SSSR count). The zero-order chi connectivity index (χ0) is 11.4. The van der Waals surface area contributed by atoms with Crippen molar-refractivity contribution in [3.8, 4) is 0 Å². The lowest BCUT2D eigenvalue weighted by molar-refractivity contribution is -0.141. The molecule has 0 aliphatic rings. The van der Waals surface area contributed by atoms with Crippen LogP contribution >= 0.6 is 11.3 Å². The van der Waals surface area contributed by atoms with Gasteiger partial charge in [-0.2, -0.15) is 0 Å². The normalized spacial score (nSPS) is 14.5. The Hall–Kier alpha value is -1.31. The Morgan fingerprint density at radius 1 is 1.60 bits per heavy atom. The Morgan fingerprint density at radius 2 is 2.27 bits per heavy atom. The summed E-state index contributed by atoms with van der Waals surface area (Å²) in [5, 5.41) is 28.7. The van der Waals surface area contributed by atoms with Gasteiger partial charge in [-0.1, -0.05) is 0 Å². The fourth-order valence-electron chi connectivity index (χ4n) is 0.946. The van der Waals surface area contributed by atoms with Gasteiger partial charge >= 0.3 is 5.97 Å². The van der Waals surface area contributed by atoms with Crippen LogP contribution in [-0.2, 0) is 4.79 Å². The minimum absolute atomic E-state index is 0.130. The third-order valence-electron chi connectivity index (χ3n) is 1.66. The molecule has 0 aliphatic heterocycles. The van der Waals surface area contributed by atoms with Gasteiger partial charge in [0.2, 0.25) is 0 Å². The van der Waals surface area contributed by atoms with Gasteiger partial charge in [0.05, 0.1) is 12.5 Å². The summed E-state index contributed by atoms with van der Waals surface area (Å²) < 4.78 is 0. The predicted molar refractivity (Wildman–Crippen MR) is 50.7 cm³/mol. The SMILES string of the molecule is O=Cc1csc(C(O)C(O)CC(=O)O)n1. The summed E-state index contributed by atoms with van der Waals surface area (Å²) in [6.07, 6.45) is -2.86. The van der Waals surface area contributed by atoms with Crippen molar-refractivity contribution >= 4 is 23.6 Å². The first-order valence-electron chi connectivity index (χ1n) is 4.03. The fourth-order valence-corrected chi connectivity index (χ4v) is 1.75. The number of hydrogen-bond acceptors (Lipinski definition) is 6. The highest BCUT2D eigenvalue weighted by molar-refractivity contribution is 7.09. The average Bonchev–Trinajstić information content (AvgIpc) is 2.63. The van der Waals surface area contributed by atoms with Crippen LogP contribution in [0.15, 0.2) is 5.38 Å². The number of carboxylic acids is 1. The molecule has 3 N–H and O–H groups in total. The number of aliphatic carboxylic acids is 1. The lowest BCUT2D eigenvalue weighted by Gasteiger charge is -2.12. The summed E-state index contributed by atoms with van der Waals surface area (Å²) in [7, 11) is 0. The monoisotopic (exact) mass is 231 g/mol. The molecule has 2 atom stereocenters. The number of aldehydes is 1. The number of rotatable bonds is 5. The topological polar surface area (TPSA) is 108 Å². The van der Waals surface area contributed by atoms with Gasteiger partial charge in [0, 0.05) is 5.38 Å². The third-order valence-corrected chi connectivity index (χ3v) is 2.60. The quantitative estimate of drug-likeness (QED) is 0.607. The molecule has 15 heavy (non-hydrogen) atoms. The van der Waals surface area contributed by atoms with E-state index in [0.29, 0.717) is 6.29 Å². The summed E-state index contributed by atoms with van der Waals surface area (Å²) >= 11 is 0.992. The van der Waals surface area contributed by atoms with E-state index in [0.717, 1.165) is 11.3 Å². The second-order valence-corrected chi connectivity index (χ2v) is 3.73. The van der Waals surface area contributed by atoms with Crippen LogP contribution < -0.4 is 0 Å². The molecular weight excluding hydrogens is 222 g/mol. The minimum atomic E-state index is -1.42. The van der Waals surface area contributed by atoms with Crippen molar-refractivity contribution in [3.63, 3.8) is 0 Å². The number of carbonyl (C=O) groups is 2. The summed E-state index contributed by atoms with van der Waals surface area (Å²) in [4.78, 5) is 24.3. The van der Waals surface area contributed by atoms with Crippen LogP contribution in [0.4, 0.5) is 0 Å². The van der Waals surface area contributed by atoms with E-state index >= 15 is 0 Å². The summed E-state index contributed by atoms with van der Waals surface area (Å²) in [6.45, 7) is 0. The van der Waals surface area contributed by atoms with Crippen LogP contribution in [0.25, 0.3) is 0 Å². The molecule has 82 valence electrons. The number of carbonyl (C=O) groups excluding carboxylic acids is 1. The zero-order valence-corrected chi connectivity index (χ0v) is 8.35. The molecule has 0 spiro atoms. The maximum atomic E-state index is 10.3. The molecule has 0 saturated carbocycles. The first kappa shape index (κ1) is 11.8. The minimum Gasteiger partial charge on any atom is -0.481 e. The molecule has 7 heteroatoms. The van der Waals surface area contributed by atoms with Crippen LogP contribution in [0.1, 0.15) is 28.0 Å². The van der Waals surface area contributed by atoms with E-state index in [-0.39, 0.29) is 10.7 Å². The van der Waals surface area contributed by atoms with Gasteiger partial charge in [-0.25, -0.2) is 4.98 Å². The second-order valence-electron chi connectivity index (χ2n) is 2.84. The van der Waals surface area contributed by atoms with Crippen molar-refractivity contribution in [1.82, 2.24) is 4.98 Å². The Balaban J connectivity index is 2.70. The number of nitrogens with zero attached hydrogens (tertiary/aromatic N) is 1. The Labute approximate surface area is 88.8 Å². The van der Waals surface area contributed by atoms with Crippen molar-refractivity contribution < 1.29 is 24.9 Å². The van der Waals surface area contributed by atoms with Crippen molar-refractivity contribution in [3.05, 3.63) is 16.1 Å². The molecule has 0 aromatic carbocycles. The predicted octanol–water partition coefficient (Wildman–Crippen LogP) is -0.175. The van der Waals surface area contributed by atoms with E-state index in [2.05, 4.69) is 4.98 Å². The van der Waals surface area contributed by atoms with Crippen LogP contribution in [-0.4, -0.2) is 38.7 Å². The van der Waals surface area contributed by atoms with E-state index in [4.69, 9.17) is 5.11 Å². The summed E-state index contributed by atoms with van der Waals surface area (Å²) in [5.74, 6) is -1.21. The van der Waals surface area contributed by atoms with E-state index < -0.39 is 24.6 Å². The summed E-state index contributed by atoms with van der Waals surface area (Å²) in [5.41, 5.74) is 0.150. The molecule has 0 bridgehead atoms. The number of aliphatic hydroxyl groups is 2. The lowest BCUT2D eigenvalue weighted by Crippen LogP contribution is -2.21. The van der Waals surface area contributed by atoms with Crippen molar-refractivity contribution in [2.75, 3.05) is 0 Å². The van der Waals surface area contributed by atoms with E-state index in [1.165, 1.54) is 5.38 Å². The maximum Gasteiger partial charge on any atom is 0.306 e. The van der Waals surface area contributed by atoms with Crippen LogP contribution in [0.3, 0.4) is 0 Å². The number of thiazole rings is 1. The molecular formula is C8H9NO5S. The standard InChI is InChI=1S/C8H9NO5S/c10-2-4-3-15-8(9-4)7(14)5(11)1-6(12)13/h2-3,5,7,11,14H,1H2,(H,12,13). The largest absolute Gasteiger partial charge is 0.481 e. The van der Waals surface area contributed by atoms with Gasteiger partial charge in [0.15, 0.2) is 6.29 Å². The van der Waals surface area contributed by atoms with Gasteiger partial charge in [0.1, 0.15) is 16.8 Å². The Morgan fingerprint density at radius 3 is 2.73 bits per heavy atom. The fraction of sp³-hybridized carbons (Fsp3) is 0.375. The van der Waals surface area contributed by atoms with E-state index in [9.17, 15) is 19.8 Å². The number of aromatic nitrogens is 1. The molecule has 6 nitrogen and oxygen atoms in total. The van der Waals surface area contributed by atoms with Gasteiger partial charge < -0.3 is 15.3 Å². The first-order chi connectivity index (χ1) is 7.04. The molecule has 1 aromatic rings. The highest BCUT2D eigenvalue weighted by Crippen LogP contribution is 2.22. The van der Waals surface area contributed by atoms with Crippen molar-refractivity contribution in [2.24, 2.45) is 0 Å². The number of aliphatic hydroxyl groups excluding tert-OH is 2. The number of hydrogen-bond donors (Lipinski definition) is 3. The van der Waals surface area contributed by atoms with Gasteiger partial charge in [-0.15, -0.1) is 11.3 Å². The second kappa shape index (κ2) is 4.96. The lowest BCUT2D eigenvalue weighted by atomic mass is 10.1. The highest BCUT2D eigenvalue weighted by Gasteiger charge is 2.23. The highest BCUT2D eigenvalue weighted by atomic mass is 32.1. The van der Waals surface area contributed by atoms with Gasteiger partial charge in [-0.3, -0.25) is 9.59 Å². The molecule has 0 radical (unpaired) electrons. The maximum absolute atomic E-state index is 10.3. The molecule has 0 aliphatic carbocycles. The first-order valence-corrected chi connectivity index (χ1v) is 4.91. The molecule has 0 fully saturated rings. The van der Waals surface area contributed by atoms with Crippen LogP contribution in [0, 0.1) is 0 Å². The van der Waals surface area contributed by atoms with Crippen LogP contribution in [0.2, 0.25) is 0 Å². The van der Waals surface area contributed by atoms with Crippen molar-refractivity contribution in [1.29, 1.82) is 0 Å². The van der Waals surface area contributed by atoms with E-state index in [1.807, 2.05) is 0 Å². The van der Waals surface area contributed by atoms with Gasteiger partial charge in [0.25, 0.3) is 0 Å². The van der Waals surface area contributed by atoms with Gasteiger partial charge in [-0.05, 0) is 0 Å². The third kappa shape index (κ3) is 3.08. The van der Waals surface area contributed by atoms with E-state index in [1.54, 1.807) is 0 Å². The average molecular weight is 231 g/mol. The molecule has 2 unspecified atom stereocenters. The summed E-state index contributed by atoms with van der Waals surface area (Å²) in [6, 6.07) is 0. The molecule has 1 heterocycles. The number of carboxylic acid groups (broad SMARTS) is 1. The Bertz CT molecular complexity index is 364. The Kier molecular flexibility index (Phi) is 3.89. The smallest absolute Gasteiger partial charge is 0.306 e. The molecule has 1 aromatic heterocycles. The van der Waals surface area contributed by atoms with Crippen molar-refractivity contribution in [2.45, 2.75) is 18.6 Å². The van der Waals surface area contributed by atoms with Crippen LogP contribution in [0.5, 0.6) is 0 Å². The molecule has 0 saturated heterocycles. The zero-order valence-electron chi connectivity index (χ0n) is 7.53. The molecule has 0 amide bonds.